The number of fused-ring (bicyclic) bond motifs is 2. The number of nitrogens with one attached hydrogen (secondary N) is 2. The predicted molar refractivity (Wildman–Crippen MR) is 135 cm³/mol. The SMILES string of the molecule is CCNC(=O)N1CCc2cc(OC)c(C(=O)Nc3cccc(-c4nnc5n4C(C)(C)CC5)n3)cc2C1. The van der Waals surface area contributed by atoms with Gasteiger partial charge in [-0.1, -0.05) is 6.07 Å². The zero-order chi connectivity index (χ0) is 25.4. The number of methoxy groups -OCH3 is 1. The Bertz CT molecular complexity index is 1330. The quantitative estimate of drug-likeness (QED) is 0.568. The van der Waals surface area contributed by atoms with Gasteiger partial charge >= 0.3 is 6.03 Å². The molecule has 0 saturated heterocycles. The van der Waals surface area contributed by atoms with Crippen LogP contribution in [0.2, 0.25) is 0 Å². The fourth-order valence-electron chi connectivity index (χ4n) is 4.99. The fraction of sp³-hybridized carbons (Fsp3) is 0.423. The molecule has 2 N–H and O–H groups in total. The summed E-state index contributed by atoms with van der Waals surface area (Å²) in [5, 5.41) is 14.5. The summed E-state index contributed by atoms with van der Waals surface area (Å²) in [6, 6.07) is 9.06. The molecule has 0 atom stereocenters. The zero-order valence-corrected chi connectivity index (χ0v) is 21.1. The number of hydrogen-bond acceptors (Lipinski definition) is 6. The van der Waals surface area contributed by atoms with Gasteiger partial charge in [0.05, 0.1) is 12.7 Å². The molecule has 0 spiro atoms. The summed E-state index contributed by atoms with van der Waals surface area (Å²) in [5.74, 6) is 2.22. The Labute approximate surface area is 210 Å². The van der Waals surface area contributed by atoms with Crippen LogP contribution in [0.15, 0.2) is 30.3 Å². The van der Waals surface area contributed by atoms with Crippen LogP contribution in [-0.4, -0.2) is 56.8 Å². The van der Waals surface area contributed by atoms with Crippen LogP contribution < -0.4 is 15.4 Å². The lowest BCUT2D eigenvalue weighted by atomic mass is 9.96. The molecule has 5 rings (SSSR count). The Kier molecular flexibility index (Phi) is 6.11. The van der Waals surface area contributed by atoms with Crippen LogP contribution in [0.25, 0.3) is 11.5 Å². The predicted octanol–water partition coefficient (Wildman–Crippen LogP) is 3.37. The molecule has 0 saturated carbocycles. The van der Waals surface area contributed by atoms with Crippen molar-refractivity contribution in [2.75, 3.05) is 25.5 Å². The maximum atomic E-state index is 13.3. The van der Waals surface area contributed by atoms with Crippen molar-refractivity contribution in [2.45, 2.75) is 52.1 Å². The van der Waals surface area contributed by atoms with E-state index in [2.05, 4.69) is 44.2 Å². The first-order valence-electron chi connectivity index (χ1n) is 12.3. The first kappa shape index (κ1) is 23.8. The van der Waals surface area contributed by atoms with E-state index in [-0.39, 0.29) is 17.5 Å². The van der Waals surface area contributed by atoms with Crippen molar-refractivity contribution in [3.8, 4) is 17.3 Å². The molecule has 3 amide bonds. The van der Waals surface area contributed by atoms with Gasteiger partial charge < -0.3 is 24.8 Å². The van der Waals surface area contributed by atoms with Crippen molar-refractivity contribution in [1.29, 1.82) is 0 Å². The monoisotopic (exact) mass is 489 g/mol. The molecule has 0 aliphatic carbocycles. The van der Waals surface area contributed by atoms with E-state index in [9.17, 15) is 9.59 Å². The lowest BCUT2D eigenvalue weighted by Crippen LogP contribution is -2.42. The number of carbonyl (C=O) groups excluding carboxylic acids is 2. The number of ether oxygens (including phenoxy) is 1. The number of rotatable bonds is 5. The van der Waals surface area contributed by atoms with E-state index in [1.165, 1.54) is 0 Å². The van der Waals surface area contributed by atoms with Gasteiger partial charge in [0.2, 0.25) is 0 Å². The molecule has 0 radical (unpaired) electrons. The second-order valence-electron chi connectivity index (χ2n) is 9.78. The summed E-state index contributed by atoms with van der Waals surface area (Å²) in [6.07, 6.45) is 2.58. The van der Waals surface area contributed by atoms with E-state index in [1.54, 1.807) is 18.1 Å². The van der Waals surface area contributed by atoms with Crippen molar-refractivity contribution in [3.05, 3.63) is 52.8 Å². The van der Waals surface area contributed by atoms with Crippen molar-refractivity contribution in [2.24, 2.45) is 0 Å². The highest BCUT2D eigenvalue weighted by Gasteiger charge is 2.34. The topological polar surface area (TPSA) is 114 Å². The Morgan fingerprint density at radius 2 is 1.97 bits per heavy atom. The third-order valence-electron chi connectivity index (χ3n) is 6.91. The van der Waals surface area contributed by atoms with E-state index in [0.717, 1.165) is 29.8 Å². The smallest absolute Gasteiger partial charge is 0.317 e. The van der Waals surface area contributed by atoms with E-state index in [0.29, 0.717) is 54.7 Å². The van der Waals surface area contributed by atoms with Crippen LogP contribution in [0.5, 0.6) is 5.75 Å². The van der Waals surface area contributed by atoms with Crippen molar-refractivity contribution >= 4 is 17.8 Å². The second-order valence-corrected chi connectivity index (χ2v) is 9.78. The summed E-state index contributed by atoms with van der Waals surface area (Å²) in [7, 11) is 1.55. The van der Waals surface area contributed by atoms with Gasteiger partial charge in [0.1, 0.15) is 23.1 Å². The average molecular weight is 490 g/mol. The molecular weight excluding hydrogens is 458 g/mol. The van der Waals surface area contributed by atoms with Gasteiger partial charge in [-0.25, -0.2) is 9.78 Å². The molecular formula is C26H31N7O3. The summed E-state index contributed by atoms with van der Waals surface area (Å²) in [4.78, 5) is 32.1. The number of carbonyl (C=O) groups is 2. The number of amides is 3. The Morgan fingerprint density at radius 1 is 1.14 bits per heavy atom. The van der Waals surface area contributed by atoms with E-state index in [4.69, 9.17) is 4.74 Å². The van der Waals surface area contributed by atoms with E-state index >= 15 is 0 Å². The van der Waals surface area contributed by atoms with Gasteiger partial charge in [0.25, 0.3) is 5.91 Å². The third kappa shape index (κ3) is 4.27. The minimum atomic E-state index is -0.332. The minimum absolute atomic E-state index is 0.0898. The Hall–Kier alpha value is -3.95. The first-order chi connectivity index (χ1) is 17.3. The van der Waals surface area contributed by atoms with E-state index in [1.807, 2.05) is 31.2 Å². The summed E-state index contributed by atoms with van der Waals surface area (Å²) in [5.41, 5.74) is 2.96. The maximum Gasteiger partial charge on any atom is 0.317 e. The Balaban J connectivity index is 1.40. The van der Waals surface area contributed by atoms with Crippen molar-refractivity contribution in [3.63, 3.8) is 0 Å². The summed E-state index contributed by atoms with van der Waals surface area (Å²) in [6.45, 7) is 7.85. The standard InChI is InChI=1S/C26H31N7O3/c1-5-27-25(35)32-12-10-16-14-20(36-4)18(13-17(16)15-32)24(34)29-21-8-6-7-19(28-21)23-31-30-22-9-11-26(2,3)33(22)23/h6-8,13-14H,5,9-12,15H2,1-4H3,(H,27,35)(H,28,29,34). The molecule has 10 heteroatoms. The largest absolute Gasteiger partial charge is 0.496 e. The summed E-state index contributed by atoms with van der Waals surface area (Å²) < 4.78 is 7.68. The number of hydrogen-bond donors (Lipinski definition) is 2. The Morgan fingerprint density at radius 3 is 2.75 bits per heavy atom. The highest BCUT2D eigenvalue weighted by atomic mass is 16.5. The number of pyridine rings is 1. The molecule has 36 heavy (non-hydrogen) atoms. The molecule has 4 heterocycles. The molecule has 0 unspecified atom stereocenters. The number of benzene rings is 1. The van der Waals surface area contributed by atoms with Gasteiger partial charge in [-0.15, -0.1) is 10.2 Å². The highest BCUT2D eigenvalue weighted by Crippen LogP contribution is 2.35. The molecule has 0 bridgehead atoms. The third-order valence-corrected chi connectivity index (χ3v) is 6.91. The number of nitrogens with zero attached hydrogens (tertiary/aromatic N) is 5. The molecule has 2 aliphatic heterocycles. The highest BCUT2D eigenvalue weighted by molar-refractivity contribution is 6.06. The number of anilines is 1. The van der Waals surface area contributed by atoms with Crippen LogP contribution >= 0.6 is 0 Å². The maximum absolute atomic E-state index is 13.3. The number of urea groups is 1. The second kappa shape index (κ2) is 9.25. The molecule has 2 aliphatic rings. The van der Waals surface area contributed by atoms with Gasteiger partial charge in [0, 0.05) is 31.6 Å². The lowest BCUT2D eigenvalue weighted by Gasteiger charge is -2.29. The van der Waals surface area contributed by atoms with Gasteiger partial charge in [-0.2, -0.15) is 0 Å². The van der Waals surface area contributed by atoms with Gasteiger partial charge in [0.15, 0.2) is 5.82 Å². The molecule has 2 aromatic heterocycles. The number of aryl methyl sites for hydroxylation is 1. The van der Waals surface area contributed by atoms with Crippen molar-refractivity contribution in [1.82, 2.24) is 30.0 Å². The molecule has 10 nitrogen and oxygen atoms in total. The van der Waals surface area contributed by atoms with Gasteiger partial charge in [-0.05, 0) is 69.0 Å². The lowest BCUT2D eigenvalue weighted by molar-refractivity contribution is 0.102. The minimum Gasteiger partial charge on any atom is -0.496 e. The van der Waals surface area contributed by atoms with Crippen LogP contribution in [0.3, 0.4) is 0 Å². The average Bonchev–Trinajstić information content (AvgIpc) is 3.44. The van der Waals surface area contributed by atoms with Gasteiger partial charge in [-0.3, -0.25) is 4.79 Å². The molecule has 3 aromatic rings. The van der Waals surface area contributed by atoms with Crippen molar-refractivity contribution < 1.29 is 14.3 Å². The first-order valence-corrected chi connectivity index (χ1v) is 12.3. The fourth-order valence-corrected chi connectivity index (χ4v) is 4.99. The van der Waals surface area contributed by atoms with Crippen LogP contribution in [0.4, 0.5) is 10.6 Å². The van der Waals surface area contributed by atoms with Crippen LogP contribution in [-0.2, 0) is 24.9 Å². The summed E-state index contributed by atoms with van der Waals surface area (Å²) >= 11 is 0. The van der Waals surface area contributed by atoms with Crippen LogP contribution in [0, 0.1) is 0 Å². The molecule has 188 valence electrons. The van der Waals surface area contributed by atoms with E-state index < -0.39 is 0 Å². The van der Waals surface area contributed by atoms with Crippen LogP contribution in [0.1, 0.15) is 54.5 Å². The molecule has 1 aromatic carbocycles. The molecule has 0 fully saturated rings. The zero-order valence-electron chi connectivity index (χ0n) is 21.1. The number of aromatic nitrogens is 4. The normalized spacial score (nSPS) is 15.7.